The van der Waals surface area contributed by atoms with Crippen molar-refractivity contribution >= 4 is 46.7 Å². The van der Waals surface area contributed by atoms with Gasteiger partial charge < -0.3 is 0 Å². The number of amides is 3. The Bertz CT molecular complexity index is 926. The van der Waals surface area contributed by atoms with Crippen LogP contribution in [0.1, 0.15) is 40.5 Å². The minimum atomic E-state index is -1.09. The SMILES string of the molecule is C[C@H](C(=O)c1ccc(Cl)cc1)N(C(=O)c1ccc(Cl)cc1)N1C(=O)CCC1=O. The third-order valence-electron chi connectivity index (χ3n) is 4.41. The zero-order chi connectivity index (χ0) is 20.4. The lowest BCUT2D eigenvalue weighted by Gasteiger charge is -2.34. The fraction of sp³-hybridized carbons (Fsp3) is 0.200. The van der Waals surface area contributed by atoms with E-state index < -0.39 is 29.5 Å². The maximum atomic E-state index is 13.1. The molecule has 0 spiro atoms. The minimum absolute atomic E-state index is 0.00884. The molecule has 28 heavy (non-hydrogen) atoms. The van der Waals surface area contributed by atoms with Crippen LogP contribution < -0.4 is 0 Å². The van der Waals surface area contributed by atoms with Crippen molar-refractivity contribution < 1.29 is 19.2 Å². The van der Waals surface area contributed by atoms with Crippen LogP contribution in [0.5, 0.6) is 0 Å². The molecule has 1 saturated heterocycles. The number of Topliss-reactive ketones (excluding diaryl/α,β-unsaturated/α-hetero) is 1. The van der Waals surface area contributed by atoms with Gasteiger partial charge in [0.05, 0.1) is 0 Å². The molecule has 3 amide bonds. The van der Waals surface area contributed by atoms with Gasteiger partial charge in [0, 0.05) is 34.0 Å². The van der Waals surface area contributed by atoms with Gasteiger partial charge in [-0.2, -0.15) is 5.01 Å². The van der Waals surface area contributed by atoms with E-state index in [0.717, 1.165) is 10.0 Å². The molecular weight excluding hydrogens is 403 g/mol. The van der Waals surface area contributed by atoms with Crippen molar-refractivity contribution in [3.8, 4) is 0 Å². The third-order valence-corrected chi connectivity index (χ3v) is 4.92. The summed E-state index contributed by atoms with van der Waals surface area (Å²) in [5, 5.41) is 2.60. The van der Waals surface area contributed by atoms with Crippen LogP contribution in [0.4, 0.5) is 0 Å². The molecule has 2 aromatic carbocycles. The van der Waals surface area contributed by atoms with Crippen LogP contribution >= 0.6 is 23.2 Å². The molecule has 0 bridgehead atoms. The summed E-state index contributed by atoms with van der Waals surface area (Å²) >= 11 is 11.7. The molecular formula is C20H16Cl2N2O4. The predicted molar refractivity (Wildman–Crippen MR) is 104 cm³/mol. The number of halogens is 2. The number of rotatable bonds is 5. The summed E-state index contributed by atoms with van der Waals surface area (Å²) in [5.74, 6) is -2.12. The fourth-order valence-corrected chi connectivity index (χ4v) is 3.19. The number of nitrogens with zero attached hydrogens (tertiary/aromatic N) is 2. The summed E-state index contributed by atoms with van der Waals surface area (Å²) in [6.07, 6.45) is -0.0177. The summed E-state index contributed by atoms with van der Waals surface area (Å²) in [6, 6.07) is 11.1. The minimum Gasteiger partial charge on any atom is -0.292 e. The molecule has 0 radical (unpaired) electrons. The van der Waals surface area contributed by atoms with Crippen LogP contribution in [0.3, 0.4) is 0 Å². The molecule has 6 nitrogen and oxygen atoms in total. The highest BCUT2D eigenvalue weighted by Gasteiger charge is 2.41. The van der Waals surface area contributed by atoms with Gasteiger partial charge >= 0.3 is 0 Å². The van der Waals surface area contributed by atoms with Crippen LogP contribution in [-0.2, 0) is 9.59 Å². The molecule has 3 rings (SSSR count). The first-order valence-corrected chi connectivity index (χ1v) is 9.30. The predicted octanol–water partition coefficient (Wildman–Crippen LogP) is 3.77. The molecule has 144 valence electrons. The molecule has 0 N–H and O–H groups in total. The van der Waals surface area contributed by atoms with Crippen LogP contribution in [0.25, 0.3) is 0 Å². The molecule has 8 heteroatoms. The number of carbonyl (C=O) groups excluding carboxylic acids is 4. The molecule has 1 aliphatic rings. The third kappa shape index (κ3) is 3.93. The maximum Gasteiger partial charge on any atom is 0.273 e. The molecule has 0 aromatic heterocycles. The van der Waals surface area contributed by atoms with Gasteiger partial charge in [-0.3, -0.25) is 19.2 Å². The highest BCUT2D eigenvalue weighted by Crippen LogP contribution is 2.23. The monoisotopic (exact) mass is 418 g/mol. The average molecular weight is 419 g/mol. The first kappa shape index (κ1) is 20.0. The number of hydrogen-bond donors (Lipinski definition) is 0. The Morgan fingerprint density at radius 3 is 1.75 bits per heavy atom. The standard InChI is InChI=1S/C20H16Cl2N2O4/c1-12(19(27)13-2-6-15(21)7-3-13)23(24-17(25)10-11-18(24)26)20(28)14-4-8-16(22)9-5-14/h2-9,12H,10-11H2,1H3/t12-/m1/s1. The molecule has 1 aliphatic heterocycles. The highest BCUT2D eigenvalue weighted by molar-refractivity contribution is 6.31. The van der Waals surface area contributed by atoms with Crippen molar-refractivity contribution in [3.05, 3.63) is 69.7 Å². The van der Waals surface area contributed by atoms with Crippen LogP contribution in [0.2, 0.25) is 10.0 Å². The normalized spacial score (nSPS) is 14.9. The van der Waals surface area contributed by atoms with Gasteiger partial charge in [0.15, 0.2) is 5.78 Å². The molecule has 1 heterocycles. The number of benzene rings is 2. The summed E-state index contributed by atoms with van der Waals surface area (Å²) in [7, 11) is 0. The zero-order valence-electron chi connectivity index (χ0n) is 14.9. The summed E-state index contributed by atoms with van der Waals surface area (Å²) < 4.78 is 0. The Kier molecular flexibility index (Phi) is 5.82. The van der Waals surface area contributed by atoms with Gasteiger partial charge in [-0.15, -0.1) is 0 Å². The molecule has 0 unspecified atom stereocenters. The van der Waals surface area contributed by atoms with Gasteiger partial charge in [0.1, 0.15) is 6.04 Å². The van der Waals surface area contributed by atoms with Crippen LogP contribution in [0.15, 0.2) is 48.5 Å². The van der Waals surface area contributed by atoms with Gasteiger partial charge in [-0.25, -0.2) is 5.01 Å². The largest absolute Gasteiger partial charge is 0.292 e. The van der Waals surface area contributed by atoms with Crippen molar-refractivity contribution in [2.24, 2.45) is 0 Å². The van der Waals surface area contributed by atoms with E-state index in [1.54, 1.807) is 12.1 Å². The molecule has 0 aliphatic carbocycles. The van der Waals surface area contributed by atoms with Gasteiger partial charge in [-0.1, -0.05) is 23.2 Å². The van der Waals surface area contributed by atoms with Crippen molar-refractivity contribution in [2.45, 2.75) is 25.8 Å². The fourth-order valence-electron chi connectivity index (χ4n) is 2.94. The van der Waals surface area contributed by atoms with Crippen LogP contribution in [0, 0.1) is 0 Å². The van der Waals surface area contributed by atoms with Crippen molar-refractivity contribution in [2.75, 3.05) is 0 Å². The summed E-state index contributed by atoms with van der Waals surface area (Å²) in [6.45, 7) is 1.48. The Morgan fingerprint density at radius 1 is 0.857 bits per heavy atom. The van der Waals surface area contributed by atoms with Gasteiger partial charge in [0.25, 0.3) is 5.91 Å². The lowest BCUT2D eigenvalue weighted by molar-refractivity contribution is -0.154. The summed E-state index contributed by atoms with van der Waals surface area (Å²) in [5.41, 5.74) is 0.512. The average Bonchev–Trinajstić information content (AvgIpc) is 3.01. The topological polar surface area (TPSA) is 74.8 Å². The van der Waals surface area contributed by atoms with Crippen molar-refractivity contribution in [1.82, 2.24) is 10.0 Å². The van der Waals surface area contributed by atoms with Crippen molar-refractivity contribution in [1.29, 1.82) is 0 Å². The smallest absolute Gasteiger partial charge is 0.273 e. The van der Waals surface area contributed by atoms with E-state index in [1.807, 2.05) is 0 Å². The maximum absolute atomic E-state index is 13.1. The van der Waals surface area contributed by atoms with E-state index in [1.165, 1.54) is 43.3 Å². The Morgan fingerprint density at radius 2 is 1.29 bits per heavy atom. The van der Waals surface area contributed by atoms with E-state index in [0.29, 0.717) is 15.6 Å². The second-order valence-electron chi connectivity index (χ2n) is 6.30. The quantitative estimate of drug-likeness (QED) is 0.546. The first-order chi connectivity index (χ1) is 13.3. The van der Waals surface area contributed by atoms with E-state index in [4.69, 9.17) is 23.2 Å². The lowest BCUT2D eigenvalue weighted by Crippen LogP contribution is -2.55. The zero-order valence-corrected chi connectivity index (χ0v) is 16.4. The van der Waals surface area contributed by atoms with E-state index in [9.17, 15) is 19.2 Å². The highest BCUT2D eigenvalue weighted by atomic mass is 35.5. The van der Waals surface area contributed by atoms with E-state index in [-0.39, 0.29) is 18.4 Å². The number of ketones is 1. The summed E-state index contributed by atoms with van der Waals surface area (Å²) in [4.78, 5) is 50.7. The Labute approximate surface area is 171 Å². The Hall–Kier alpha value is -2.70. The molecule has 1 fully saturated rings. The van der Waals surface area contributed by atoms with Crippen molar-refractivity contribution in [3.63, 3.8) is 0 Å². The molecule has 0 saturated carbocycles. The number of imide groups is 1. The van der Waals surface area contributed by atoms with E-state index in [2.05, 4.69) is 0 Å². The van der Waals surface area contributed by atoms with Gasteiger partial charge in [-0.05, 0) is 55.5 Å². The lowest BCUT2D eigenvalue weighted by atomic mass is 10.0. The number of hydrogen-bond acceptors (Lipinski definition) is 4. The molecule has 1 atom stereocenters. The van der Waals surface area contributed by atoms with Gasteiger partial charge in [0.2, 0.25) is 11.8 Å². The second-order valence-corrected chi connectivity index (χ2v) is 7.18. The Balaban J connectivity index is 2.00. The number of carbonyl (C=O) groups is 4. The van der Waals surface area contributed by atoms with E-state index >= 15 is 0 Å². The molecule has 2 aromatic rings. The number of hydrazine groups is 1. The van der Waals surface area contributed by atoms with Crippen LogP contribution in [-0.4, -0.2) is 39.6 Å². The second kappa shape index (κ2) is 8.12. The first-order valence-electron chi connectivity index (χ1n) is 8.54.